The Morgan fingerprint density at radius 3 is 2.44 bits per heavy atom. The predicted octanol–water partition coefficient (Wildman–Crippen LogP) is -0.00290. The number of nitrogens with zero attached hydrogens (tertiary/aromatic N) is 1. The van der Waals surface area contributed by atoms with Crippen molar-refractivity contribution >= 4 is 12.1 Å². The van der Waals surface area contributed by atoms with E-state index in [1.54, 1.807) is 0 Å². The van der Waals surface area contributed by atoms with Crippen molar-refractivity contribution in [3.8, 4) is 0 Å². The van der Waals surface area contributed by atoms with Crippen LogP contribution in [0.3, 0.4) is 0 Å². The zero-order valence-corrected chi connectivity index (χ0v) is 9.67. The van der Waals surface area contributed by atoms with Crippen LogP contribution < -0.4 is 0 Å². The van der Waals surface area contributed by atoms with E-state index in [2.05, 4.69) is 9.47 Å². The molecule has 1 aliphatic heterocycles. The molecule has 1 fully saturated rings. The van der Waals surface area contributed by atoms with Crippen LogP contribution in [0.4, 0.5) is 4.79 Å². The molecule has 3 atom stereocenters. The van der Waals surface area contributed by atoms with Crippen LogP contribution in [0.5, 0.6) is 0 Å². The van der Waals surface area contributed by atoms with Gasteiger partial charge in [-0.25, -0.2) is 9.59 Å². The van der Waals surface area contributed by atoms with Gasteiger partial charge in [-0.05, 0) is 12.3 Å². The number of rotatable bonds is 1. The zero-order valence-electron chi connectivity index (χ0n) is 9.67. The summed E-state index contributed by atoms with van der Waals surface area (Å²) in [5.74, 6) is -0.533. The van der Waals surface area contributed by atoms with E-state index in [0.29, 0.717) is 6.42 Å². The Kier molecular flexibility index (Phi) is 4.12. The van der Waals surface area contributed by atoms with E-state index in [4.69, 9.17) is 0 Å². The van der Waals surface area contributed by atoms with E-state index in [9.17, 15) is 14.7 Å². The highest BCUT2D eigenvalue weighted by molar-refractivity contribution is 5.81. The van der Waals surface area contributed by atoms with Gasteiger partial charge < -0.3 is 14.6 Å². The Morgan fingerprint density at radius 2 is 1.94 bits per heavy atom. The lowest BCUT2D eigenvalue weighted by molar-refractivity contribution is -0.150. The summed E-state index contributed by atoms with van der Waals surface area (Å²) < 4.78 is 9.19. The van der Waals surface area contributed by atoms with Gasteiger partial charge >= 0.3 is 12.1 Å². The second-order valence-corrected chi connectivity index (χ2v) is 3.94. The Labute approximate surface area is 94.1 Å². The average Bonchev–Trinajstić information content (AvgIpc) is 2.30. The molecule has 1 amide bonds. The van der Waals surface area contributed by atoms with Crippen LogP contribution in [0.2, 0.25) is 0 Å². The number of methoxy groups -OCH3 is 2. The Balaban J connectivity index is 2.83. The Morgan fingerprint density at radius 1 is 1.31 bits per heavy atom. The van der Waals surface area contributed by atoms with Gasteiger partial charge in [0.15, 0.2) is 0 Å². The quantitative estimate of drug-likeness (QED) is 0.643. The van der Waals surface area contributed by atoms with Crippen molar-refractivity contribution in [3.63, 3.8) is 0 Å². The summed E-state index contributed by atoms with van der Waals surface area (Å²) in [5.41, 5.74) is 0. The Bertz CT molecular complexity index is 252. The van der Waals surface area contributed by atoms with Gasteiger partial charge in [-0.3, -0.25) is 4.90 Å². The zero-order chi connectivity index (χ0) is 12.3. The maximum absolute atomic E-state index is 11.5. The molecule has 0 aliphatic carbocycles. The molecular formula is C10H17NO5. The summed E-state index contributed by atoms with van der Waals surface area (Å²) in [6, 6.07) is -0.671. The summed E-state index contributed by atoms with van der Waals surface area (Å²) in [4.78, 5) is 24.1. The fourth-order valence-electron chi connectivity index (χ4n) is 1.82. The van der Waals surface area contributed by atoms with Crippen molar-refractivity contribution in [2.75, 3.05) is 20.8 Å². The van der Waals surface area contributed by atoms with Crippen molar-refractivity contribution < 1.29 is 24.2 Å². The minimum atomic E-state index is -0.671. The number of carbonyl (C=O) groups excluding carboxylic acids is 2. The number of likely N-dealkylation sites (tertiary alicyclic amines) is 1. The molecule has 0 aromatic carbocycles. The first-order chi connectivity index (χ1) is 7.51. The van der Waals surface area contributed by atoms with E-state index in [1.807, 2.05) is 6.92 Å². The molecule has 0 saturated carbocycles. The number of aliphatic hydroxyl groups excluding tert-OH is 1. The van der Waals surface area contributed by atoms with E-state index in [0.717, 1.165) is 0 Å². The van der Waals surface area contributed by atoms with Crippen LogP contribution in [0.25, 0.3) is 0 Å². The van der Waals surface area contributed by atoms with Crippen molar-refractivity contribution in [3.05, 3.63) is 0 Å². The van der Waals surface area contributed by atoms with Crippen LogP contribution in [0, 0.1) is 5.92 Å². The highest BCUT2D eigenvalue weighted by Gasteiger charge is 2.40. The number of hydrogen-bond acceptors (Lipinski definition) is 5. The number of ether oxygens (including phenoxy) is 2. The van der Waals surface area contributed by atoms with Gasteiger partial charge in [0.05, 0.1) is 26.9 Å². The van der Waals surface area contributed by atoms with E-state index in [1.165, 1.54) is 19.1 Å². The second-order valence-electron chi connectivity index (χ2n) is 3.94. The summed E-state index contributed by atoms with van der Waals surface area (Å²) in [7, 11) is 2.51. The molecule has 1 saturated heterocycles. The van der Waals surface area contributed by atoms with Crippen LogP contribution in [-0.4, -0.2) is 55.0 Å². The fourth-order valence-corrected chi connectivity index (χ4v) is 1.82. The second kappa shape index (κ2) is 5.16. The van der Waals surface area contributed by atoms with Crippen LogP contribution in [-0.2, 0) is 14.3 Å². The molecule has 6 heteroatoms. The molecule has 16 heavy (non-hydrogen) atoms. The standard InChI is InChI=1S/C10H17NO5/c1-6-4-7(9(13)15-2)11(5-8(6)12)10(14)16-3/h6-8,12H,4-5H2,1-3H3/t6-,7-,8+/m0/s1. The van der Waals surface area contributed by atoms with E-state index in [-0.39, 0.29) is 12.5 Å². The predicted molar refractivity (Wildman–Crippen MR) is 54.7 cm³/mol. The summed E-state index contributed by atoms with van der Waals surface area (Å²) in [6.45, 7) is 1.92. The van der Waals surface area contributed by atoms with Crippen LogP contribution in [0.15, 0.2) is 0 Å². The van der Waals surface area contributed by atoms with Gasteiger partial charge in [-0.15, -0.1) is 0 Å². The van der Waals surface area contributed by atoms with E-state index >= 15 is 0 Å². The number of piperidine rings is 1. The molecule has 1 N–H and O–H groups in total. The molecule has 0 aromatic rings. The lowest BCUT2D eigenvalue weighted by Gasteiger charge is -2.38. The van der Waals surface area contributed by atoms with Gasteiger partial charge in [0.2, 0.25) is 0 Å². The summed E-state index contributed by atoms with van der Waals surface area (Å²) in [5, 5.41) is 9.66. The minimum absolute atomic E-state index is 0.0509. The molecule has 0 unspecified atom stereocenters. The van der Waals surface area contributed by atoms with Crippen LogP contribution >= 0.6 is 0 Å². The maximum atomic E-state index is 11.5. The van der Waals surface area contributed by atoms with Crippen molar-refractivity contribution in [2.24, 2.45) is 5.92 Å². The average molecular weight is 231 g/mol. The molecule has 0 radical (unpaired) electrons. The highest BCUT2D eigenvalue weighted by Crippen LogP contribution is 2.24. The number of carbonyl (C=O) groups is 2. The number of aliphatic hydroxyl groups is 1. The van der Waals surface area contributed by atoms with Gasteiger partial charge in [0.25, 0.3) is 0 Å². The monoisotopic (exact) mass is 231 g/mol. The molecule has 0 aromatic heterocycles. The van der Waals surface area contributed by atoms with Crippen molar-refractivity contribution in [1.29, 1.82) is 0 Å². The highest BCUT2D eigenvalue weighted by atomic mass is 16.5. The number of β-amino-alcohol motifs (C(OH)–C–C–N with tert-alkyl or cyclic N) is 1. The third kappa shape index (κ3) is 2.44. The first kappa shape index (κ1) is 12.8. The number of amides is 1. The first-order valence-electron chi connectivity index (χ1n) is 5.11. The molecule has 6 nitrogen and oxygen atoms in total. The summed E-state index contributed by atoms with van der Waals surface area (Å²) in [6.07, 6.45) is -0.885. The van der Waals surface area contributed by atoms with Crippen molar-refractivity contribution in [2.45, 2.75) is 25.5 Å². The molecule has 1 heterocycles. The largest absolute Gasteiger partial charge is 0.467 e. The molecule has 0 spiro atoms. The number of hydrogen-bond donors (Lipinski definition) is 1. The first-order valence-corrected chi connectivity index (χ1v) is 5.11. The maximum Gasteiger partial charge on any atom is 0.410 e. The smallest absolute Gasteiger partial charge is 0.410 e. The fraction of sp³-hybridized carbons (Fsp3) is 0.800. The molecular weight excluding hydrogens is 214 g/mol. The summed E-state index contributed by atoms with van der Waals surface area (Å²) >= 11 is 0. The lowest BCUT2D eigenvalue weighted by Crippen LogP contribution is -2.55. The normalized spacial score (nSPS) is 29.8. The SMILES string of the molecule is COC(=O)[C@@H]1C[C@H](C)[C@H](O)CN1C(=O)OC. The topological polar surface area (TPSA) is 76.1 Å². The van der Waals surface area contributed by atoms with Crippen molar-refractivity contribution in [1.82, 2.24) is 4.90 Å². The molecule has 92 valence electrons. The van der Waals surface area contributed by atoms with Gasteiger partial charge in [-0.1, -0.05) is 6.92 Å². The number of esters is 1. The third-order valence-electron chi connectivity index (χ3n) is 2.89. The van der Waals surface area contributed by atoms with Gasteiger partial charge in [-0.2, -0.15) is 0 Å². The lowest BCUT2D eigenvalue weighted by atomic mass is 9.90. The van der Waals surface area contributed by atoms with Gasteiger partial charge in [0.1, 0.15) is 6.04 Å². The van der Waals surface area contributed by atoms with Gasteiger partial charge in [0, 0.05) is 0 Å². The minimum Gasteiger partial charge on any atom is -0.467 e. The third-order valence-corrected chi connectivity index (χ3v) is 2.89. The van der Waals surface area contributed by atoms with E-state index < -0.39 is 24.2 Å². The molecule has 0 bridgehead atoms. The molecule has 1 aliphatic rings. The van der Waals surface area contributed by atoms with Crippen LogP contribution in [0.1, 0.15) is 13.3 Å². The molecule has 1 rings (SSSR count). The Hall–Kier alpha value is -1.30.